The fourth-order valence-corrected chi connectivity index (χ4v) is 2.18. The average molecular weight is 403 g/mol. The van der Waals surface area contributed by atoms with Crippen LogP contribution in [0.5, 0.6) is 5.75 Å². The summed E-state index contributed by atoms with van der Waals surface area (Å²) in [6.45, 7) is 0. The lowest BCUT2D eigenvalue weighted by Gasteiger charge is -2.10. The van der Waals surface area contributed by atoms with Crippen molar-refractivity contribution in [1.29, 1.82) is 0 Å². The number of ether oxygens (including phenoxy) is 1. The minimum absolute atomic E-state index is 0.196. The van der Waals surface area contributed by atoms with Crippen LogP contribution in [0.3, 0.4) is 0 Å². The second-order valence-electron chi connectivity index (χ2n) is 4.46. The van der Waals surface area contributed by atoms with Crippen LogP contribution in [0.1, 0.15) is 10.4 Å². The highest BCUT2D eigenvalue weighted by molar-refractivity contribution is 9.10. The number of hydrogen-bond acceptors (Lipinski definition) is 3. The van der Waals surface area contributed by atoms with Gasteiger partial charge < -0.3 is 10.1 Å². The molecule has 126 valence electrons. The van der Waals surface area contributed by atoms with Crippen LogP contribution in [0.15, 0.2) is 53.0 Å². The Kier molecular flexibility index (Phi) is 5.45. The van der Waals surface area contributed by atoms with Gasteiger partial charge in [-0.15, -0.1) is 13.2 Å². The van der Waals surface area contributed by atoms with E-state index in [4.69, 9.17) is 0 Å². The molecule has 0 radical (unpaired) electrons. The lowest BCUT2D eigenvalue weighted by atomic mass is 10.2. The van der Waals surface area contributed by atoms with Crippen molar-refractivity contribution in [2.45, 2.75) is 6.36 Å². The predicted molar refractivity (Wildman–Crippen MR) is 83.8 cm³/mol. The first-order valence-electron chi connectivity index (χ1n) is 6.47. The minimum Gasteiger partial charge on any atom is -0.406 e. The Bertz CT molecular complexity index is 748. The summed E-state index contributed by atoms with van der Waals surface area (Å²) < 4.78 is 40.4. The number of carbonyl (C=O) groups is 2. The molecule has 0 aliphatic carbocycles. The topological polar surface area (TPSA) is 67.4 Å². The number of hydrogen-bond donors (Lipinski definition) is 2. The Morgan fingerprint density at radius 1 is 1.00 bits per heavy atom. The average Bonchev–Trinajstić information content (AvgIpc) is 2.48. The SMILES string of the molecule is O=C(NC(=O)c1ccccc1Br)Nc1ccc(OC(F)(F)F)cc1. The van der Waals surface area contributed by atoms with E-state index in [1.165, 1.54) is 18.2 Å². The molecule has 2 aromatic carbocycles. The lowest BCUT2D eigenvalue weighted by Crippen LogP contribution is -2.34. The number of anilines is 1. The first-order valence-corrected chi connectivity index (χ1v) is 7.26. The maximum atomic E-state index is 12.0. The molecule has 24 heavy (non-hydrogen) atoms. The van der Waals surface area contributed by atoms with Crippen LogP contribution in [0, 0.1) is 0 Å². The first kappa shape index (κ1) is 17.8. The van der Waals surface area contributed by atoms with E-state index in [9.17, 15) is 22.8 Å². The van der Waals surface area contributed by atoms with E-state index in [1.54, 1.807) is 18.2 Å². The number of carbonyl (C=O) groups excluding carboxylic acids is 2. The van der Waals surface area contributed by atoms with Crippen LogP contribution >= 0.6 is 15.9 Å². The summed E-state index contributed by atoms with van der Waals surface area (Å²) in [4.78, 5) is 23.7. The zero-order valence-electron chi connectivity index (χ0n) is 11.9. The fourth-order valence-electron chi connectivity index (χ4n) is 1.72. The van der Waals surface area contributed by atoms with Crippen LogP contribution < -0.4 is 15.4 Å². The van der Waals surface area contributed by atoms with Gasteiger partial charge in [-0.2, -0.15) is 0 Å². The molecule has 0 saturated heterocycles. The molecule has 3 amide bonds. The first-order chi connectivity index (χ1) is 11.2. The van der Waals surface area contributed by atoms with Crippen molar-refractivity contribution in [3.8, 4) is 5.75 Å². The molecule has 0 unspecified atom stereocenters. The Hall–Kier alpha value is -2.55. The maximum absolute atomic E-state index is 12.0. The molecule has 0 atom stereocenters. The summed E-state index contributed by atoms with van der Waals surface area (Å²) in [5.74, 6) is -1.05. The summed E-state index contributed by atoms with van der Waals surface area (Å²) >= 11 is 3.19. The molecule has 0 heterocycles. The molecule has 2 N–H and O–H groups in total. The predicted octanol–water partition coefficient (Wildman–Crippen LogP) is 4.31. The maximum Gasteiger partial charge on any atom is 0.573 e. The number of amides is 3. The van der Waals surface area contributed by atoms with Crippen LogP contribution in [0.2, 0.25) is 0 Å². The molecular weight excluding hydrogens is 393 g/mol. The Labute approximate surface area is 142 Å². The molecule has 0 bridgehead atoms. The van der Waals surface area contributed by atoms with Gasteiger partial charge in [0, 0.05) is 10.2 Å². The van der Waals surface area contributed by atoms with E-state index in [-0.39, 0.29) is 11.3 Å². The van der Waals surface area contributed by atoms with Crippen molar-refractivity contribution in [3.63, 3.8) is 0 Å². The van der Waals surface area contributed by atoms with Crippen molar-refractivity contribution in [3.05, 3.63) is 58.6 Å². The van der Waals surface area contributed by atoms with Gasteiger partial charge in [0.2, 0.25) is 0 Å². The Morgan fingerprint density at radius 2 is 1.62 bits per heavy atom. The van der Waals surface area contributed by atoms with Gasteiger partial charge >= 0.3 is 12.4 Å². The molecule has 2 aromatic rings. The van der Waals surface area contributed by atoms with Crippen molar-refractivity contribution in [2.24, 2.45) is 0 Å². The molecule has 0 fully saturated rings. The van der Waals surface area contributed by atoms with E-state index in [0.29, 0.717) is 4.47 Å². The van der Waals surface area contributed by atoms with Gasteiger partial charge in [-0.1, -0.05) is 12.1 Å². The van der Waals surface area contributed by atoms with Crippen LogP contribution in [0.25, 0.3) is 0 Å². The van der Waals surface area contributed by atoms with Gasteiger partial charge in [0.25, 0.3) is 5.91 Å². The lowest BCUT2D eigenvalue weighted by molar-refractivity contribution is -0.274. The van der Waals surface area contributed by atoms with E-state index in [0.717, 1.165) is 12.1 Å². The molecule has 2 rings (SSSR count). The molecular formula is C15H10BrF3N2O3. The summed E-state index contributed by atoms with van der Waals surface area (Å²) in [7, 11) is 0. The van der Waals surface area contributed by atoms with E-state index >= 15 is 0 Å². The normalized spacial score (nSPS) is 10.8. The standard InChI is InChI=1S/C15H10BrF3N2O3/c16-12-4-2-1-3-11(12)13(22)21-14(23)20-9-5-7-10(8-6-9)24-15(17,18)19/h1-8H,(H2,20,21,22,23). The van der Waals surface area contributed by atoms with Crippen molar-refractivity contribution < 1.29 is 27.5 Å². The van der Waals surface area contributed by atoms with Gasteiger partial charge in [0.1, 0.15) is 5.75 Å². The summed E-state index contributed by atoms with van der Waals surface area (Å²) in [5, 5.41) is 4.44. The van der Waals surface area contributed by atoms with Crippen LogP contribution in [0.4, 0.5) is 23.7 Å². The summed E-state index contributed by atoms with van der Waals surface area (Å²) in [5.41, 5.74) is 0.462. The molecule has 0 spiro atoms. The van der Waals surface area contributed by atoms with Gasteiger partial charge in [-0.25, -0.2) is 4.79 Å². The number of alkyl halides is 3. The van der Waals surface area contributed by atoms with Crippen LogP contribution in [-0.2, 0) is 0 Å². The third-order valence-corrected chi connectivity index (χ3v) is 3.38. The summed E-state index contributed by atoms with van der Waals surface area (Å²) in [6.07, 6.45) is -4.79. The Morgan fingerprint density at radius 3 is 2.21 bits per heavy atom. The quantitative estimate of drug-likeness (QED) is 0.803. The van der Waals surface area contributed by atoms with Crippen molar-refractivity contribution in [1.82, 2.24) is 5.32 Å². The van der Waals surface area contributed by atoms with E-state index < -0.39 is 24.1 Å². The minimum atomic E-state index is -4.79. The molecule has 0 aromatic heterocycles. The monoisotopic (exact) mass is 402 g/mol. The fraction of sp³-hybridized carbons (Fsp3) is 0.0667. The highest BCUT2D eigenvalue weighted by Gasteiger charge is 2.30. The Balaban J connectivity index is 1.95. The van der Waals surface area contributed by atoms with Gasteiger partial charge in [-0.3, -0.25) is 10.1 Å². The molecule has 0 aliphatic rings. The number of imide groups is 1. The third kappa shape index (κ3) is 5.27. The van der Waals surface area contributed by atoms with Crippen molar-refractivity contribution >= 4 is 33.6 Å². The third-order valence-electron chi connectivity index (χ3n) is 2.69. The number of rotatable bonds is 3. The molecule has 0 saturated carbocycles. The van der Waals surface area contributed by atoms with E-state index in [2.05, 4.69) is 31.3 Å². The largest absolute Gasteiger partial charge is 0.573 e. The molecule has 9 heteroatoms. The van der Waals surface area contributed by atoms with E-state index in [1.807, 2.05) is 0 Å². The van der Waals surface area contributed by atoms with Gasteiger partial charge in [0.05, 0.1) is 5.56 Å². The summed E-state index contributed by atoms with van der Waals surface area (Å²) in [6, 6.07) is 10.2. The highest BCUT2D eigenvalue weighted by Crippen LogP contribution is 2.24. The zero-order valence-corrected chi connectivity index (χ0v) is 13.4. The number of urea groups is 1. The number of halogens is 4. The number of benzene rings is 2. The van der Waals surface area contributed by atoms with Crippen molar-refractivity contribution in [2.75, 3.05) is 5.32 Å². The second-order valence-corrected chi connectivity index (χ2v) is 5.31. The van der Waals surface area contributed by atoms with Crippen LogP contribution in [-0.4, -0.2) is 18.3 Å². The zero-order chi connectivity index (χ0) is 17.7. The number of nitrogens with one attached hydrogen (secondary N) is 2. The van der Waals surface area contributed by atoms with Gasteiger partial charge in [0.15, 0.2) is 0 Å². The second kappa shape index (κ2) is 7.35. The molecule has 0 aliphatic heterocycles. The highest BCUT2D eigenvalue weighted by atomic mass is 79.9. The van der Waals surface area contributed by atoms with Gasteiger partial charge in [-0.05, 0) is 52.3 Å². The molecule has 5 nitrogen and oxygen atoms in total. The smallest absolute Gasteiger partial charge is 0.406 e.